The van der Waals surface area contributed by atoms with Crippen LogP contribution in [0.1, 0.15) is 19.3 Å². The number of hydrogen-bond donors (Lipinski definition) is 0. The zero-order valence-corrected chi connectivity index (χ0v) is 15.7. The average Bonchev–Trinajstić information content (AvgIpc) is 3.14. The van der Waals surface area contributed by atoms with Crippen molar-refractivity contribution < 1.29 is 9.53 Å². The molecule has 0 aromatic carbocycles. The topological polar surface area (TPSA) is 48.9 Å². The normalized spacial score (nSPS) is 29.7. The van der Waals surface area contributed by atoms with E-state index in [-0.39, 0.29) is 12.5 Å². The number of nitrogens with zero attached hydrogens (tertiary/aromatic N) is 4. The molecule has 3 fully saturated rings. The first-order valence-corrected chi connectivity index (χ1v) is 9.93. The number of ether oxygens (including phenoxy) is 1. The third kappa shape index (κ3) is 3.58. The second-order valence-corrected chi connectivity index (χ2v) is 7.86. The van der Waals surface area contributed by atoms with E-state index >= 15 is 0 Å². The maximum atomic E-state index is 12.2. The summed E-state index contributed by atoms with van der Waals surface area (Å²) in [5, 5.41) is 0. The van der Waals surface area contributed by atoms with E-state index in [4.69, 9.17) is 4.74 Å². The Bertz CT molecular complexity index is 603. The fourth-order valence-electron chi connectivity index (χ4n) is 5.14. The minimum atomic E-state index is 0.153. The van der Waals surface area contributed by atoms with Crippen LogP contribution in [0, 0.1) is 11.8 Å². The summed E-state index contributed by atoms with van der Waals surface area (Å²) in [5.74, 6) is 2.54. The van der Waals surface area contributed by atoms with E-state index in [1.807, 2.05) is 17.2 Å². The Kier molecular flexibility index (Phi) is 5.41. The first-order valence-electron chi connectivity index (χ1n) is 9.93. The molecule has 1 saturated carbocycles. The predicted molar refractivity (Wildman–Crippen MR) is 101 cm³/mol. The molecule has 3 atom stereocenters. The molecule has 0 bridgehead atoms. The number of methoxy groups -OCH3 is 1. The number of aromatic nitrogens is 1. The van der Waals surface area contributed by atoms with Gasteiger partial charge in [-0.15, -0.1) is 0 Å². The summed E-state index contributed by atoms with van der Waals surface area (Å²) in [4.78, 5) is 23.8. The van der Waals surface area contributed by atoms with Gasteiger partial charge in [-0.25, -0.2) is 4.98 Å². The second-order valence-electron chi connectivity index (χ2n) is 7.86. The zero-order chi connectivity index (χ0) is 17.9. The molecule has 6 heteroatoms. The zero-order valence-electron chi connectivity index (χ0n) is 15.7. The van der Waals surface area contributed by atoms with E-state index in [2.05, 4.69) is 26.9 Å². The molecule has 2 aliphatic heterocycles. The van der Waals surface area contributed by atoms with Gasteiger partial charge in [0.1, 0.15) is 12.4 Å². The molecule has 6 nitrogen and oxygen atoms in total. The van der Waals surface area contributed by atoms with Crippen LogP contribution in [0.3, 0.4) is 0 Å². The molecular formula is C20H30N4O2. The number of pyridine rings is 1. The smallest absolute Gasteiger partial charge is 0.248 e. The molecule has 26 heavy (non-hydrogen) atoms. The molecule has 1 aromatic rings. The molecule has 1 aliphatic carbocycles. The van der Waals surface area contributed by atoms with Gasteiger partial charge in [-0.05, 0) is 36.8 Å². The number of carbonyl (C=O) groups is 1. The van der Waals surface area contributed by atoms with Gasteiger partial charge in [0.2, 0.25) is 5.91 Å². The number of rotatable bonds is 4. The van der Waals surface area contributed by atoms with Gasteiger partial charge in [-0.2, -0.15) is 0 Å². The van der Waals surface area contributed by atoms with Crippen LogP contribution >= 0.6 is 0 Å². The van der Waals surface area contributed by atoms with E-state index in [0.29, 0.717) is 17.9 Å². The van der Waals surface area contributed by atoms with Gasteiger partial charge >= 0.3 is 0 Å². The Morgan fingerprint density at radius 1 is 1.19 bits per heavy atom. The van der Waals surface area contributed by atoms with E-state index in [1.54, 1.807) is 7.11 Å². The number of anilines is 1. The summed E-state index contributed by atoms with van der Waals surface area (Å²) >= 11 is 0. The molecule has 0 spiro atoms. The molecule has 0 radical (unpaired) electrons. The minimum absolute atomic E-state index is 0.153. The quantitative estimate of drug-likeness (QED) is 0.816. The maximum absolute atomic E-state index is 12.2. The monoisotopic (exact) mass is 358 g/mol. The van der Waals surface area contributed by atoms with Gasteiger partial charge in [0.25, 0.3) is 0 Å². The summed E-state index contributed by atoms with van der Waals surface area (Å²) in [6.07, 6.45) is 5.71. The Morgan fingerprint density at radius 3 is 2.77 bits per heavy atom. The summed E-state index contributed by atoms with van der Waals surface area (Å²) in [6.45, 7) is 6.32. The highest BCUT2D eigenvalue weighted by Gasteiger charge is 2.44. The summed E-state index contributed by atoms with van der Waals surface area (Å²) in [5.41, 5.74) is 0. The number of amides is 1. The van der Waals surface area contributed by atoms with Crippen LogP contribution in [0.2, 0.25) is 0 Å². The van der Waals surface area contributed by atoms with Crippen molar-refractivity contribution in [2.24, 2.45) is 11.8 Å². The highest BCUT2D eigenvalue weighted by molar-refractivity contribution is 5.77. The Labute approximate surface area is 156 Å². The third-order valence-corrected chi connectivity index (χ3v) is 6.44. The highest BCUT2D eigenvalue weighted by atomic mass is 16.5. The standard InChI is InChI=1S/C20H30N4O2/c1-26-15-20(25)24-13-16-5-4-6-18(17(16)14-24)22-9-11-23(12-10-22)19-7-2-3-8-21-19/h2-3,7-8,16-18H,4-6,9-15H2,1H3/t16-,17+,18?/m0/s1. The van der Waals surface area contributed by atoms with Crippen molar-refractivity contribution in [3.05, 3.63) is 24.4 Å². The molecule has 0 N–H and O–H groups in total. The fourth-order valence-corrected chi connectivity index (χ4v) is 5.14. The molecule has 3 heterocycles. The third-order valence-electron chi connectivity index (χ3n) is 6.44. The van der Waals surface area contributed by atoms with Crippen LogP contribution < -0.4 is 4.90 Å². The molecule has 142 valence electrons. The van der Waals surface area contributed by atoms with Gasteiger partial charge < -0.3 is 14.5 Å². The second kappa shape index (κ2) is 7.92. The van der Waals surface area contributed by atoms with Gasteiger partial charge in [0, 0.05) is 58.6 Å². The molecular weight excluding hydrogens is 328 g/mol. The van der Waals surface area contributed by atoms with Crippen molar-refractivity contribution in [2.75, 3.05) is 57.9 Å². The lowest BCUT2D eigenvalue weighted by Crippen LogP contribution is -2.54. The largest absolute Gasteiger partial charge is 0.375 e. The Morgan fingerprint density at radius 2 is 2.04 bits per heavy atom. The minimum Gasteiger partial charge on any atom is -0.375 e. The molecule has 2 saturated heterocycles. The van der Waals surface area contributed by atoms with Crippen LogP contribution in [-0.4, -0.2) is 79.7 Å². The highest BCUT2D eigenvalue weighted by Crippen LogP contribution is 2.39. The van der Waals surface area contributed by atoms with Crippen molar-refractivity contribution >= 4 is 11.7 Å². The van der Waals surface area contributed by atoms with E-state index < -0.39 is 0 Å². The number of likely N-dealkylation sites (tertiary alicyclic amines) is 1. The van der Waals surface area contributed by atoms with Crippen LogP contribution in [0.15, 0.2) is 24.4 Å². The summed E-state index contributed by atoms with van der Waals surface area (Å²) in [6, 6.07) is 6.76. The van der Waals surface area contributed by atoms with Gasteiger partial charge in [0.15, 0.2) is 0 Å². The van der Waals surface area contributed by atoms with Crippen molar-refractivity contribution in [1.82, 2.24) is 14.8 Å². The van der Waals surface area contributed by atoms with Crippen molar-refractivity contribution in [3.63, 3.8) is 0 Å². The van der Waals surface area contributed by atoms with Gasteiger partial charge in [0.05, 0.1) is 0 Å². The summed E-state index contributed by atoms with van der Waals surface area (Å²) < 4.78 is 5.05. The fraction of sp³-hybridized carbons (Fsp3) is 0.700. The summed E-state index contributed by atoms with van der Waals surface area (Å²) in [7, 11) is 1.60. The first-order chi connectivity index (χ1) is 12.8. The average molecular weight is 358 g/mol. The Balaban J connectivity index is 1.37. The molecule has 1 aromatic heterocycles. The van der Waals surface area contributed by atoms with Gasteiger partial charge in [-0.1, -0.05) is 12.5 Å². The van der Waals surface area contributed by atoms with E-state index in [1.165, 1.54) is 19.3 Å². The van der Waals surface area contributed by atoms with E-state index in [0.717, 1.165) is 45.1 Å². The molecule has 1 unspecified atom stereocenters. The van der Waals surface area contributed by atoms with Crippen molar-refractivity contribution in [2.45, 2.75) is 25.3 Å². The first kappa shape index (κ1) is 17.7. The van der Waals surface area contributed by atoms with Crippen LogP contribution in [-0.2, 0) is 9.53 Å². The van der Waals surface area contributed by atoms with Gasteiger partial charge in [-0.3, -0.25) is 9.69 Å². The Hall–Kier alpha value is -1.66. The number of piperazine rings is 1. The number of hydrogen-bond acceptors (Lipinski definition) is 5. The molecule has 1 amide bonds. The lowest BCUT2D eigenvalue weighted by Gasteiger charge is -2.45. The molecule has 3 aliphatic rings. The lowest BCUT2D eigenvalue weighted by molar-refractivity contribution is -0.134. The predicted octanol–water partition coefficient (Wildman–Crippen LogP) is 1.48. The van der Waals surface area contributed by atoms with Crippen LogP contribution in [0.4, 0.5) is 5.82 Å². The molecule has 4 rings (SSSR count). The van der Waals surface area contributed by atoms with Crippen molar-refractivity contribution in [3.8, 4) is 0 Å². The van der Waals surface area contributed by atoms with Crippen LogP contribution in [0.25, 0.3) is 0 Å². The van der Waals surface area contributed by atoms with Crippen molar-refractivity contribution in [1.29, 1.82) is 0 Å². The van der Waals surface area contributed by atoms with E-state index in [9.17, 15) is 4.79 Å². The number of fused-ring (bicyclic) bond motifs is 1. The van der Waals surface area contributed by atoms with Crippen LogP contribution in [0.5, 0.6) is 0 Å². The maximum Gasteiger partial charge on any atom is 0.248 e. The lowest BCUT2D eigenvalue weighted by atomic mass is 9.77. The SMILES string of the molecule is COCC(=O)N1C[C@@H]2CCCC(N3CCN(c4ccccn4)CC3)[C@@H]2C1. The number of carbonyl (C=O) groups excluding carboxylic acids is 1.